The lowest BCUT2D eigenvalue weighted by Gasteiger charge is -2.44. The first-order valence-corrected chi connectivity index (χ1v) is 20.2. The zero-order valence-electron chi connectivity index (χ0n) is 29.5. The molecule has 0 aromatic heterocycles. The first-order valence-electron chi connectivity index (χ1n) is 17.7. The molecule has 2 aliphatic heterocycles. The molecule has 0 spiro atoms. The van der Waals surface area contributed by atoms with Crippen LogP contribution in [0, 0.1) is 10.4 Å². The summed E-state index contributed by atoms with van der Waals surface area (Å²) in [6.45, 7) is 15.0. The molecule has 0 aromatic carbocycles. The van der Waals surface area contributed by atoms with Crippen molar-refractivity contribution < 1.29 is 10.4 Å². The van der Waals surface area contributed by atoms with Crippen LogP contribution in [0.4, 0.5) is 0 Å². The van der Waals surface area contributed by atoms with Crippen LogP contribution in [-0.2, 0) is 10.4 Å². The molecule has 0 amide bonds. The number of hydrogen-bond donors (Lipinski definition) is 0. The van der Waals surface area contributed by atoms with Gasteiger partial charge in [0.15, 0.2) is 0 Å². The molecule has 8 nitrogen and oxygen atoms in total. The van der Waals surface area contributed by atoms with E-state index in [4.69, 9.17) is 0 Å². The van der Waals surface area contributed by atoms with Crippen molar-refractivity contribution in [1.29, 1.82) is 0 Å². The predicted octanol–water partition coefficient (Wildman–Crippen LogP) is 10.1. The number of rotatable bonds is 23. The molecule has 2 heterocycles. The van der Waals surface area contributed by atoms with Crippen LogP contribution in [-0.4, -0.2) is 66.2 Å². The maximum Gasteiger partial charge on any atom is 0.0797 e. The van der Waals surface area contributed by atoms with E-state index >= 15 is 0 Å². The molecular formula is C34H66N4O4S2-2. The van der Waals surface area contributed by atoms with E-state index < -0.39 is 34.5 Å². The van der Waals surface area contributed by atoms with Crippen molar-refractivity contribution in [3.05, 3.63) is 10.4 Å². The fourth-order valence-electron chi connectivity index (χ4n) is 6.44. The van der Waals surface area contributed by atoms with Crippen molar-refractivity contribution >= 4 is 21.6 Å². The molecule has 2 radical (unpaired) electrons. The van der Waals surface area contributed by atoms with Crippen LogP contribution in [0.2, 0.25) is 0 Å². The molecule has 44 heavy (non-hydrogen) atoms. The Morgan fingerprint density at radius 3 is 0.932 bits per heavy atom. The van der Waals surface area contributed by atoms with Crippen LogP contribution < -0.4 is 0 Å². The molecule has 2 aliphatic rings. The quantitative estimate of drug-likeness (QED) is 0.0790. The minimum Gasteiger partial charge on any atom is -0.784 e. The Morgan fingerprint density at radius 2 is 0.682 bits per heavy atom. The molecular weight excluding hydrogens is 593 g/mol. The third-order valence-electron chi connectivity index (χ3n) is 11.2. The average Bonchev–Trinajstić information content (AvgIpc) is 3.15. The lowest BCUT2D eigenvalue weighted by atomic mass is 9.84. The van der Waals surface area contributed by atoms with E-state index in [9.17, 15) is 20.8 Å². The molecule has 0 aliphatic carbocycles. The van der Waals surface area contributed by atoms with Gasteiger partial charge < -0.3 is 20.5 Å². The highest BCUT2D eigenvalue weighted by atomic mass is 33.1. The smallest absolute Gasteiger partial charge is 0.0797 e. The van der Waals surface area contributed by atoms with Gasteiger partial charge in [-0.15, -0.1) is 20.5 Å². The molecule has 0 bridgehead atoms. The van der Waals surface area contributed by atoms with E-state index in [0.717, 1.165) is 45.9 Å². The van der Waals surface area contributed by atoms with E-state index in [0.29, 0.717) is 12.8 Å². The third kappa shape index (κ3) is 10.4. The van der Waals surface area contributed by atoms with Crippen molar-refractivity contribution in [2.45, 2.75) is 205 Å². The molecule has 2 rings (SSSR count). The van der Waals surface area contributed by atoms with Crippen LogP contribution in [0.3, 0.4) is 0 Å². The summed E-state index contributed by atoms with van der Waals surface area (Å²) >= 11 is 0. The fourth-order valence-corrected chi connectivity index (χ4v) is 8.74. The van der Waals surface area contributed by atoms with Crippen molar-refractivity contribution in [3.63, 3.8) is 0 Å². The summed E-state index contributed by atoms with van der Waals surface area (Å²) in [4.78, 5) is 0. The number of unbranched alkanes of at least 4 members (excludes halogenated alkanes) is 14. The summed E-state index contributed by atoms with van der Waals surface area (Å²) in [7, 11) is 4.07. The maximum absolute atomic E-state index is 12.6. The number of hydroxylamine groups is 8. The van der Waals surface area contributed by atoms with Crippen LogP contribution in [0.5, 0.6) is 0 Å². The Hall–Kier alpha value is 0.380. The molecule has 260 valence electrons. The molecule has 10 heteroatoms. The van der Waals surface area contributed by atoms with E-state index in [1.54, 1.807) is 0 Å². The Kier molecular flexibility index (Phi) is 17.3. The first-order chi connectivity index (χ1) is 20.6. The van der Waals surface area contributed by atoms with Gasteiger partial charge in [-0.3, -0.25) is 0 Å². The zero-order valence-corrected chi connectivity index (χ0v) is 31.2. The topological polar surface area (TPSA) is 98.9 Å². The summed E-state index contributed by atoms with van der Waals surface area (Å²) in [5.41, 5.74) is -2.62. The highest BCUT2D eigenvalue weighted by Crippen LogP contribution is 2.44. The van der Waals surface area contributed by atoms with Crippen LogP contribution >= 0.6 is 21.6 Å². The third-order valence-corrected chi connectivity index (χ3v) is 13.8. The largest absolute Gasteiger partial charge is 0.784 e. The second kappa shape index (κ2) is 18.8. The Labute approximate surface area is 278 Å². The minimum atomic E-state index is -0.655. The Balaban J connectivity index is 1.30. The second-order valence-electron chi connectivity index (χ2n) is 15.4. The van der Waals surface area contributed by atoms with E-state index in [1.807, 2.05) is 77.0 Å². The SMILES string of the molecule is CC1(C)N([O])C(CCCCCCCCCCSSCCCCCCCCCCC2N([O])C(C)(C)C(C)(C)N2[O-])N([O-])C1(C)C. The molecule has 0 unspecified atom stereocenters. The summed E-state index contributed by atoms with van der Waals surface area (Å²) in [5, 5.41) is 54.6. The van der Waals surface area contributed by atoms with Crippen molar-refractivity contribution in [2.75, 3.05) is 11.5 Å². The monoisotopic (exact) mass is 658 g/mol. The predicted molar refractivity (Wildman–Crippen MR) is 187 cm³/mol. The maximum atomic E-state index is 12.6. The van der Waals surface area contributed by atoms with Crippen LogP contribution in [0.15, 0.2) is 0 Å². The lowest BCUT2D eigenvalue weighted by Crippen LogP contribution is -2.51. The minimum absolute atomic E-state index is 0.534. The van der Waals surface area contributed by atoms with Gasteiger partial charge >= 0.3 is 0 Å². The summed E-state index contributed by atoms with van der Waals surface area (Å²) in [6.07, 6.45) is 19.7. The lowest BCUT2D eigenvalue weighted by molar-refractivity contribution is -0.231. The molecule has 2 fully saturated rings. The van der Waals surface area contributed by atoms with E-state index in [-0.39, 0.29) is 0 Å². The van der Waals surface area contributed by atoms with Crippen LogP contribution in [0.1, 0.15) is 171 Å². The zero-order chi connectivity index (χ0) is 33.0. The normalized spacial score (nSPS) is 25.4. The standard InChI is InChI=1S/C34H66N4O4S2/c1-31(2)32(3,4)36(40)29(35(31)39)25-21-17-13-9-11-15-19-23-27-43-44-28-24-20-16-12-10-14-18-22-26-30-37(41)33(5,6)34(7,8)38(30)42/h29-30H,9-28H2,1-8H3/q-2. The molecule has 0 saturated carbocycles. The molecule has 0 aromatic rings. The second-order valence-corrected chi connectivity index (χ2v) is 18.1. The van der Waals surface area contributed by atoms with Crippen molar-refractivity contribution in [3.8, 4) is 0 Å². The van der Waals surface area contributed by atoms with Gasteiger partial charge in [-0.05, 0) is 81.1 Å². The molecule has 0 atom stereocenters. The van der Waals surface area contributed by atoms with E-state index in [2.05, 4.69) is 0 Å². The van der Waals surface area contributed by atoms with E-state index in [1.165, 1.54) is 88.6 Å². The van der Waals surface area contributed by atoms with Gasteiger partial charge in [-0.1, -0.05) is 111 Å². The molecule has 2 saturated heterocycles. The first kappa shape index (κ1) is 40.6. The van der Waals surface area contributed by atoms with Gasteiger partial charge in [0.25, 0.3) is 0 Å². The highest BCUT2D eigenvalue weighted by Gasteiger charge is 2.55. The van der Waals surface area contributed by atoms with Crippen molar-refractivity contribution in [1.82, 2.24) is 20.3 Å². The Bertz CT molecular complexity index is 697. The summed E-state index contributed by atoms with van der Waals surface area (Å²) in [6, 6.07) is 0. The van der Waals surface area contributed by atoms with Gasteiger partial charge in [0, 0.05) is 22.6 Å². The summed E-state index contributed by atoms with van der Waals surface area (Å²) < 4.78 is 0. The van der Waals surface area contributed by atoms with Crippen molar-refractivity contribution in [2.24, 2.45) is 0 Å². The Morgan fingerprint density at radius 1 is 0.432 bits per heavy atom. The van der Waals surface area contributed by atoms with Gasteiger partial charge in [0.1, 0.15) is 0 Å². The average molecular weight is 659 g/mol. The molecule has 0 N–H and O–H groups in total. The number of hydrogen-bond acceptors (Lipinski definition) is 8. The van der Waals surface area contributed by atoms with Crippen LogP contribution in [0.25, 0.3) is 0 Å². The van der Waals surface area contributed by atoms with Gasteiger partial charge in [0.05, 0.1) is 23.4 Å². The highest BCUT2D eigenvalue weighted by molar-refractivity contribution is 8.76. The number of nitrogens with zero attached hydrogens (tertiary/aromatic N) is 4. The summed E-state index contributed by atoms with van der Waals surface area (Å²) in [5.74, 6) is 2.50. The van der Waals surface area contributed by atoms with Gasteiger partial charge in [-0.25, -0.2) is 0 Å². The fraction of sp³-hybridized carbons (Fsp3) is 1.00. The van der Waals surface area contributed by atoms with Gasteiger partial charge in [-0.2, -0.15) is 0 Å². The van der Waals surface area contributed by atoms with Gasteiger partial charge in [0.2, 0.25) is 0 Å².